The third-order valence-electron chi connectivity index (χ3n) is 6.81. The number of ether oxygens (including phenoxy) is 1. The van der Waals surface area contributed by atoms with Crippen LogP contribution >= 0.6 is 0 Å². The van der Waals surface area contributed by atoms with Crippen LogP contribution in [0.25, 0.3) is 0 Å². The maximum absolute atomic E-state index is 13.8. The molecule has 2 amide bonds. The van der Waals surface area contributed by atoms with Gasteiger partial charge in [0.2, 0.25) is 11.8 Å². The Bertz CT molecular complexity index is 1290. The topological polar surface area (TPSA) is 58.6 Å². The molecule has 4 aromatic carbocycles. The standard InChI is InChI=1S/C34H36N2O3/c1-39-31-20-17-30(18-21-31)26-36(33(37)22-19-27-11-5-2-6-12-27)32(25-29-15-9-4-10-16-29)34(38)35-24-23-28-13-7-3-8-14-28/h2-18,20-21,32H,19,22-26H2,1H3,(H,35,38)/t32-/m0/s1. The molecule has 39 heavy (non-hydrogen) atoms. The second kappa shape index (κ2) is 14.5. The van der Waals surface area contributed by atoms with Crippen LogP contribution in [-0.2, 0) is 35.4 Å². The predicted molar refractivity (Wildman–Crippen MR) is 155 cm³/mol. The van der Waals surface area contributed by atoms with Crippen LogP contribution in [0.15, 0.2) is 115 Å². The summed E-state index contributed by atoms with van der Waals surface area (Å²) in [6, 6.07) is 37.0. The Morgan fingerprint density at radius 1 is 0.692 bits per heavy atom. The van der Waals surface area contributed by atoms with Gasteiger partial charge in [-0.25, -0.2) is 0 Å². The zero-order valence-electron chi connectivity index (χ0n) is 22.5. The van der Waals surface area contributed by atoms with E-state index in [-0.39, 0.29) is 11.8 Å². The van der Waals surface area contributed by atoms with Crippen molar-refractivity contribution in [1.29, 1.82) is 0 Å². The number of rotatable bonds is 13. The van der Waals surface area contributed by atoms with Gasteiger partial charge in [-0.3, -0.25) is 9.59 Å². The fourth-order valence-corrected chi connectivity index (χ4v) is 4.61. The number of carbonyl (C=O) groups excluding carboxylic acids is 2. The van der Waals surface area contributed by atoms with Crippen LogP contribution in [0.2, 0.25) is 0 Å². The number of methoxy groups -OCH3 is 1. The molecule has 0 spiro atoms. The molecule has 0 saturated carbocycles. The molecule has 4 rings (SSSR count). The van der Waals surface area contributed by atoms with E-state index in [1.165, 1.54) is 0 Å². The molecule has 1 N–H and O–H groups in total. The molecule has 5 nitrogen and oxygen atoms in total. The van der Waals surface area contributed by atoms with Crippen molar-refractivity contribution in [2.75, 3.05) is 13.7 Å². The van der Waals surface area contributed by atoms with E-state index in [1.54, 1.807) is 12.0 Å². The van der Waals surface area contributed by atoms with E-state index in [0.29, 0.717) is 32.4 Å². The lowest BCUT2D eigenvalue weighted by atomic mass is 10.0. The first kappa shape index (κ1) is 27.6. The molecular weight excluding hydrogens is 484 g/mol. The summed E-state index contributed by atoms with van der Waals surface area (Å²) in [5, 5.41) is 3.11. The fourth-order valence-electron chi connectivity index (χ4n) is 4.61. The molecule has 0 heterocycles. The van der Waals surface area contributed by atoms with Crippen molar-refractivity contribution >= 4 is 11.8 Å². The van der Waals surface area contributed by atoms with Crippen LogP contribution in [0.1, 0.15) is 28.7 Å². The number of aryl methyl sites for hydroxylation is 1. The van der Waals surface area contributed by atoms with Crippen molar-refractivity contribution in [2.24, 2.45) is 0 Å². The van der Waals surface area contributed by atoms with Crippen molar-refractivity contribution < 1.29 is 14.3 Å². The third-order valence-corrected chi connectivity index (χ3v) is 6.81. The lowest BCUT2D eigenvalue weighted by molar-refractivity contribution is -0.141. The van der Waals surface area contributed by atoms with E-state index in [4.69, 9.17) is 4.74 Å². The van der Waals surface area contributed by atoms with Crippen LogP contribution in [0.5, 0.6) is 5.75 Å². The SMILES string of the molecule is COc1ccc(CN(C(=O)CCc2ccccc2)[C@@H](Cc2ccccc2)C(=O)NCCc2ccccc2)cc1. The molecule has 0 radical (unpaired) electrons. The minimum Gasteiger partial charge on any atom is -0.497 e. The van der Waals surface area contributed by atoms with Crippen molar-refractivity contribution in [3.05, 3.63) is 138 Å². The number of carbonyl (C=O) groups is 2. The summed E-state index contributed by atoms with van der Waals surface area (Å²) in [6.45, 7) is 0.837. The molecule has 5 heteroatoms. The van der Waals surface area contributed by atoms with Gasteiger partial charge in [0, 0.05) is 25.9 Å². The Balaban J connectivity index is 1.57. The largest absolute Gasteiger partial charge is 0.497 e. The number of hydrogen-bond acceptors (Lipinski definition) is 3. The summed E-state index contributed by atoms with van der Waals surface area (Å²) in [6.07, 6.45) is 2.10. The summed E-state index contributed by atoms with van der Waals surface area (Å²) in [4.78, 5) is 29.3. The predicted octanol–water partition coefficient (Wildman–Crippen LogP) is 5.63. The van der Waals surface area contributed by atoms with E-state index in [0.717, 1.165) is 34.4 Å². The summed E-state index contributed by atoms with van der Waals surface area (Å²) in [5.74, 6) is 0.561. The fraction of sp³-hybridized carbons (Fsp3) is 0.235. The molecule has 4 aromatic rings. The van der Waals surface area contributed by atoms with E-state index >= 15 is 0 Å². The van der Waals surface area contributed by atoms with Crippen LogP contribution in [0, 0.1) is 0 Å². The Morgan fingerprint density at radius 2 is 1.23 bits per heavy atom. The molecule has 0 aromatic heterocycles. The van der Waals surface area contributed by atoms with Gasteiger partial charge in [0.1, 0.15) is 11.8 Å². The summed E-state index contributed by atoms with van der Waals surface area (Å²) >= 11 is 0. The van der Waals surface area contributed by atoms with Crippen molar-refractivity contribution in [1.82, 2.24) is 10.2 Å². The van der Waals surface area contributed by atoms with Crippen LogP contribution in [-0.4, -0.2) is 36.4 Å². The molecule has 0 aliphatic heterocycles. The molecule has 1 atom stereocenters. The highest BCUT2D eigenvalue weighted by Crippen LogP contribution is 2.19. The van der Waals surface area contributed by atoms with Gasteiger partial charge in [0.05, 0.1) is 7.11 Å². The van der Waals surface area contributed by atoms with Crippen LogP contribution in [0.3, 0.4) is 0 Å². The Hall–Kier alpha value is -4.38. The summed E-state index contributed by atoms with van der Waals surface area (Å²) < 4.78 is 5.31. The highest BCUT2D eigenvalue weighted by atomic mass is 16.5. The summed E-state index contributed by atoms with van der Waals surface area (Å²) in [5.41, 5.74) is 4.21. The lowest BCUT2D eigenvalue weighted by Crippen LogP contribution is -2.50. The minimum absolute atomic E-state index is 0.0474. The van der Waals surface area contributed by atoms with Crippen molar-refractivity contribution in [2.45, 2.75) is 38.3 Å². The smallest absolute Gasteiger partial charge is 0.243 e. The van der Waals surface area contributed by atoms with Gasteiger partial charge < -0.3 is 15.0 Å². The number of amides is 2. The Morgan fingerprint density at radius 3 is 1.79 bits per heavy atom. The average Bonchev–Trinajstić information content (AvgIpc) is 2.99. The Labute approximate surface area is 231 Å². The number of nitrogens with one attached hydrogen (secondary N) is 1. The van der Waals surface area contributed by atoms with E-state index in [9.17, 15) is 9.59 Å². The first-order chi connectivity index (χ1) is 19.1. The average molecular weight is 521 g/mol. The number of nitrogens with zero attached hydrogens (tertiary/aromatic N) is 1. The van der Waals surface area contributed by atoms with Crippen molar-refractivity contribution in [3.8, 4) is 5.75 Å². The normalized spacial score (nSPS) is 11.4. The maximum Gasteiger partial charge on any atom is 0.243 e. The monoisotopic (exact) mass is 520 g/mol. The quantitative estimate of drug-likeness (QED) is 0.249. The van der Waals surface area contributed by atoms with Gasteiger partial charge in [0.25, 0.3) is 0 Å². The van der Waals surface area contributed by atoms with Gasteiger partial charge in [-0.15, -0.1) is 0 Å². The third kappa shape index (κ3) is 8.57. The molecule has 0 saturated heterocycles. The zero-order chi connectivity index (χ0) is 27.3. The number of hydrogen-bond donors (Lipinski definition) is 1. The molecule has 0 aliphatic rings. The van der Waals surface area contributed by atoms with E-state index < -0.39 is 6.04 Å². The van der Waals surface area contributed by atoms with Crippen molar-refractivity contribution in [3.63, 3.8) is 0 Å². The molecule has 0 aliphatic carbocycles. The van der Waals surface area contributed by atoms with Gasteiger partial charge >= 0.3 is 0 Å². The molecule has 0 fully saturated rings. The molecule has 200 valence electrons. The first-order valence-electron chi connectivity index (χ1n) is 13.4. The van der Waals surface area contributed by atoms with Gasteiger partial charge in [-0.1, -0.05) is 103 Å². The second-order valence-electron chi connectivity index (χ2n) is 9.59. The van der Waals surface area contributed by atoms with E-state index in [2.05, 4.69) is 17.4 Å². The second-order valence-corrected chi connectivity index (χ2v) is 9.59. The van der Waals surface area contributed by atoms with Crippen LogP contribution < -0.4 is 10.1 Å². The van der Waals surface area contributed by atoms with E-state index in [1.807, 2.05) is 103 Å². The number of benzene rings is 4. The first-order valence-corrected chi connectivity index (χ1v) is 13.4. The highest BCUT2D eigenvalue weighted by Gasteiger charge is 2.30. The van der Waals surface area contributed by atoms with Gasteiger partial charge in [-0.2, -0.15) is 0 Å². The maximum atomic E-state index is 13.8. The molecule has 0 unspecified atom stereocenters. The lowest BCUT2D eigenvalue weighted by Gasteiger charge is -2.32. The molecular formula is C34H36N2O3. The van der Waals surface area contributed by atoms with Gasteiger partial charge in [-0.05, 0) is 47.2 Å². The summed E-state index contributed by atoms with van der Waals surface area (Å²) in [7, 11) is 1.63. The Kier molecular flexibility index (Phi) is 10.3. The van der Waals surface area contributed by atoms with Gasteiger partial charge in [0.15, 0.2) is 0 Å². The minimum atomic E-state index is -0.645. The van der Waals surface area contributed by atoms with Crippen LogP contribution in [0.4, 0.5) is 0 Å². The zero-order valence-corrected chi connectivity index (χ0v) is 22.5. The highest BCUT2D eigenvalue weighted by molar-refractivity contribution is 5.88. The molecule has 0 bridgehead atoms.